The van der Waals surface area contributed by atoms with Gasteiger partial charge < -0.3 is 4.40 Å². The molecule has 10 rings (SSSR count). The van der Waals surface area contributed by atoms with Crippen molar-refractivity contribution in [3.05, 3.63) is 133 Å². The lowest BCUT2D eigenvalue weighted by Gasteiger charge is -2.14. The Labute approximate surface area is 245 Å². The number of hydrogen-bond acceptors (Lipinski definition) is 2. The highest BCUT2D eigenvalue weighted by Gasteiger charge is 2.24. The summed E-state index contributed by atoms with van der Waals surface area (Å²) in [6.45, 7) is 0. The molecule has 0 radical (unpaired) electrons. The Balaban J connectivity index is 1.48. The SMILES string of the molecule is [2H]c1c([2H])c([2H])c2nc(-n3c4cccc5c6cccc7c8ccccc8n(c8cccc3c8c54)c67)c(-c3ccccc3)nc2c1[2H]. The molecule has 0 bridgehead atoms. The zero-order chi connectivity index (χ0) is 30.8. The Hall–Kier alpha value is -5.74. The third kappa shape index (κ3) is 2.71. The minimum absolute atomic E-state index is 0.138. The average molecular weight is 539 g/mol. The molecule has 42 heavy (non-hydrogen) atoms. The van der Waals surface area contributed by atoms with E-state index in [1.54, 1.807) is 0 Å². The third-order valence-electron chi connectivity index (χ3n) is 8.58. The van der Waals surface area contributed by atoms with Crippen molar-refractivity contribution >= 4 is 70.9 Å². The molecule has 0 unspecified atom stereocenters. The van der Waals surface area contributed by atoms with Gasteiger partial charge in [0, 0.05) is 32.5 Å². The predicted octanol–water partition coefficient (Wildman–Crippen LogP) is 9.54. The highest BCUT2D eigenvalue weighted by molar-refractivity contribution is 6.31. The van der Waals surface area contributed by atoms with Crippen LogP contribution >= 0.6 is 0 Å². The van der Waals surface area contributed by atoms with Crippen molar-refractivity contribution < 1.29 is 5.48 Å². The third-order valence-corrected chi connectivity index (χ3v) is 8.58. The van der Waals surface area contributed by atoms with Crippen LogP contribution in [-0.2, 0) is 0 Å². The largest absolute Gasteiger partial charge is 0.308 e. The van der Waals surface area contributed by atoms with E-state index in [9.17, 15) is 0 Å². The molecule has 6 aromatic carbocycles. The molecule has 0 aliphatic rings. The topological polar surface area (TPSA) is 35.1 Å². The number of nitrogens with zero attached hydrogens (tertiary/aromatic N) is 4. The number of para-hydroxylation sites is 4. The molecule has 0 saturated heterocycles. The predicted molar refractivity (Wildman–Crippen MR) is 174 cm³/mol. The number of aromatic nitrogens is 4. The first-order chi connectivity index (χ1) is 22.5. The molecule has 0 amide bonds. The van der Waals surface area contributed by atoms with Gasteiger partial charge in [-0.15, -0.1) is 0 Å². The monoisotopic (exact) mass is 538 g/mol. The van der Waals surface area contributed by atoms with Gasteiger partial charge in [0.25, 0.3) is 0 Å². The second kappa shape index (κ2) is 7.93. The fraction of sp³-hybridized carbons (Fsp3) is 0. The van der Waals surface area contributed by atoms with Crippen molar-refractivity contribution in [2.45, 2.75) is 0 Å². The average Bonchev–Trinajstić information content (AvgIpc) is 3.58. The van der Waals surface area contributed by atoms with E-state index in [0.29, 0.717) is 11.5 Å². The number of hydrogen-bond donors (Lipinski definition) is 0. The molecule has 4 aromatic heterocycles. The lowest BCUT2D eigenvalue weighted by Crippen LogP contribution is -2.03. The first kappa shape index (κ1) is 18.6. The molecule has 4 nitrogen and oxygen atoms in total. The van der Waals surface area contributed by atoms with Crippen LogP contribution in [0.1, 0.15) is 5.48 Å². The normalized spacial score (nSPS) is 13.6. The van der Waals surface area contributed by atoms with E-state index < -0.39 is 0 Å². The van der Waals surface area contributed by atoms with Crippen LogP contribution in [0.4, 0.5) is 0 Å². The van der Waals surface area contributed by atoms with Crippen LogP contribution in [0.25, 0.3) is 88.0 Å². The minimum Gasteiger partial charge on any atom is -0.308 e. The summed E-state index contributed by atoms with van der Waals surface area (Å²) in [4.78, 5) is 10.0. The molecule has 0 spiro atoms. The number of benzene rings is 6. The van der Waals surface area contributed by atoms with Crippen molar-refractivity contribution in [3.8, 4) is 17.1 Å². The molecule has 4 heteroatoms. The van der Waals surface area contributed by atoms with Gasteiger partial charge in [0.05, 0.1) is 44.1 Å². The summed E-state index contributed by atoms with van der Waals surface area (Å²) in [6.07, 6.45) is 0. The van der Waals surface area contributed by atoms with E-state index in [0.717, 1.165) is 49.2 Å². The molecule has 10 aromatic rings. The van der Waals surface area contributed by atoms with Crippen LogP contribution in [0.2, 0.25) is 0 Å². The van der Waals surface area contributed by atoms with Gasteiger partial charge in [0.15, 0.2) is 5.82 Å². The maximum absolute atomic E-state index is 8.75. The van der Waals surface area contributed by atoms with E-state index in [1.807, 2.05) is 30.3 Å². The summed E-state index contributed by atoms with van der Waals surface area (Å²) in [7, 11) is 0. The van der Waals surface area contributed by atoms with Crippen LogP contribution in [0.5, 0.6) is 0 Å². The fourth-order valence-corrected chi connectivity index (χ4v) is 6.94. The van der Waals surface area contributed by atoms with E-state index in [1.165, 1.54) is 16.3 Å². The van der Waals surface area contributed by atoms with Crippen molar-refractivity contribution in [1.82, 2.24) is 18.9 Å². The first-order valence-corrected chi connectivity index (χ1v) is 14.0. The Morgan fingerprint density at radius 1 is 0.500 bits per heavy atom. The molecule has 4 heterocycles. The zero-order valence-corrected chi connectivity index (χ0v) is 22.2. The minimum atomic E-state index is -0.327. The van der Waals surface area contributed by atoms with Gasteiger partial charge in [-0.2, -0.15) is 0 Å². The smallest absolute Gasteiger partial charge is 0.165 e. The molecule has 0 aliphatic carbocycles. The second-order valence-corrected chi connectivity index (χ2v) is 10.7. The first-order valence-electron chi connectivity index (χ1n) is 16.0. The zero-order valence-electron chi connectivity index (χ0n) is 26.2. The molecule has 0 aliphatic heterocycles. The van der Waals surface area contributed by atoms with Crippen molar-refractivity contribution in [2.75, 3.05) is 0 Å². The van der Waals surface area contributed by atoms with Crippen molar-refractivity contribution in [3.63, 3.8) is 0 Å². The maximum atomic E-state index is 8.75. The standard InChI is InChI=1S/C38H22N4/c1-2-11-23(12-3-1)36-38(40-29-18-6-5-17-28(29)39-36)42-31-20-9-14-25-27-16-8-15-26-24-13-4-7-19-30(24)41(37(26)27)32-21-10-22-33(42)35(32)34(25)31/h1-22H/i5D,6D,17D,18D. The molecular weight excluding hydrogens is 512 g/mol. The van der Waals surface area contributed by atoms with Crippen LogP contribution in [-0.4, -0.2) is 18.9 Å². The summed E-state index contributed by atoms with van der Waals surface area (Å²) in [5.41, 5.74) is 6.89. The van der Waals surface area contributed by atoms with Crippen molar-refractivity contribution in [2.24, 2.45) is 0 Å². The Bertz CT molecular complexity index is 2910. The highest BCUT2D eigenvalue weighted by Crippen LogP contribution is 2.44. The molecule has 0 N–H and O–H groups in total. The van der Waals surface area contributed by atoms with E-state index in [4.69, 9.17) is 15.5 Å². The van der Waals surface area contributed by atoms with Crippen LogP contribution < -0.4 is 0 Å². The van der Waals surface area contributed by atoms with E-state index >= 15 is 0 Å². The van der Waals surface area contributed by atoms with Crippen molar-refractivity contribution in [1.29, 1.82) is 0 Å². The Morgan fingerprint density at radius 3 is 1.95 bits per heavy atom. The summed E-state index contributed by atoms with van der Waals surface area (Å²) < 4.78 is 38.6. The molecule has 194 valence electrons. The van der Waals surface area contributed by atoms with Gasteiger partial charge in [0.1, 0.15) is 5.69 Å². The van der Waals surface area contributed by atoms with Gasteiger partial charge in [-0.25, -0.2) is 9.97 Å². The Kier molecular flexibility index (Phi) is 3.51. The summed E-state index contributed by atoms with van der Waals surface area (Å²) in [5, 5.41) is 6.87. The summed E-state index contributed by atoms with van der Waals surface area (Å²) in [5.74, 6) is 0.509. The molecular formula is C38H22N4. The lowest BCUT2D eigenvalue weighted by molar-refractivity contribution is 1.08. The van der Waals surface area contributed by atoms with Crippen LogP contribution in [0.3, 0.4) is 0 Å². The van der Waals surface area contributed by atoms with Crippen LogP contribution in [0, 0.1) is 0 Å². The van der Waals surface area contributed by atoms with Gasteiger partial charge in [0.2, 0.25) is 0 Å². The van der Waals surface area contributed by atoms with Gasteiger partial charge >= 0.3 is 0 Å². The molecule has 0 fully saturated rings. The summed E-state index contributed by atoms with van der Waals surface area (Å²) >= 11 is 0. The fourth-order valence-electron chi connectivity index (χ4n) is 6.94. The maximum Gasteiger partial charge on any atom is 0.165 e. The van der Waals surface area contributed by atoms with E-state index in [-0.39, 0.29) is 35.2 Å². The number of rotatable bonds is 2. The number of fused-ring (bicyclic) bond motifs is 6. The molecule has 0 saturated carbocycles. The highest BCUT2D eigenvalue weighted by atomic mass is 15.1. The quantitative estimate of drug-likeness (QED) is 0.220. The second-order valence-electron chi connectivity index (χ2n) is 10.7. The van der Waals surface area contributed by atoms with E-state index in [2.05, 4.69) is 87.8 Å². The summed E-state index contributed by atoms with van der Waals surface area (Å²) in [6, 6.07) is 36.4. The molecule has 0 atom stereocenters. The van der Waals surface area contributed by atoms with Crippen LogP contribution in [0.15, 0.2) is 133 Å². The van der Waals surface area contributed by atoms with Gasteiger partial charge in [-0.1, -0.05) is 97.0 Å². The Morgan fingerprint density at radius 2 is 1.10 bits per heavy atom. The van der Waals surface area contributed by atoms with Gasteiger partial charge in [-0.3, -0.25) is 4.57 Å². The lowest BCUT2D eigenvalue weighted by atomic mass is 10.0. The van der Waals surface area contributed by atoms with Gasteiger partial charge in [-0.05, 0) is 41.7 Å².